The van der Waals surface area contributed by atoms with Crippen LogP contribution in [0.3, 0.4) is 0 Å². The van der Waals surface area contributed by atoms with Crippen LogP contribution in [0.1, 0.15) is 49.1 Å². The third-order valence-electron chi connectivity index (χ3n) is 4.64. The molecule has 2 nitrogen and oxygen atoms in total. The number of rotatable bonds is 3. The Morgan fingerprint density at radius 3 is 2.78 bits per heavy atom. The van der Waals surface area contributed by atoms with Gasteiger partial charge in [0.15, 0.2) is 0 Å². The van der Waals surface area contributed by atoms with Crippen LogP contribution >= 0.6 is 0 Å². The number of ketones is 1. The molecule has 1 aromatic rings. The van der Waals surface area contributed by atoms with Gasteiger partial charge in [-0.25, -0.2) is 0 Å². The molecule has 2 aliphatic carbocycles. The molecule has 2 aliphatic rings. The normalized spacial score (nSPS) is 30.4. The van der Waals surface area contributed by atoms with Crippen molar-refractivity contribution in [3.63, 3.8) is 0 Å². The third-order valence-corrected chi connectivity index (χ3v) is 4.64. The van der Waals surface area contributed by atoms with Gasteiger partial charge in [0.05, 0.1) is 0 Å². The van der Waals surface area contributed by atoms with Crippen molar-refractivity contribution in [2.45, 2.75) is 50.5 Å². The Hall–Kier alpha value is -1.15. The van der Waals surface area contributed by atoms with Crippen LogP contribution in [-0.4, -0.2) is 11.8 Å². The van der Waals surface area contributed by atoms with Gasteiger partial charge in [-0.2, -0.15) is 0 Å². The molecular weight excluding hydrogens is 222 g/mol. The average Bonchev–Trinajstić information content (AvgIpc) is 2.36. The highest BCUT2D eigenvalue weighted by Crippen LogP contribution is 2.39. The van der Waals surface area contributed by atoms with Crippen molar-refractivity contribution in [3.8, 4) is 0 Å². The van der Waals surface area contributed by atoms with Crippen LogP contribution in [0.2, 0.25) is 0 Å². The fraction of sp³-hybridized carbons (Fsp3) is 0.562. The second-order valence-corrected chi connectivity index (χ2v) is 5.83. The number of carbonyl (C=O) groups excluding carboxylic acids is 1. The van der Waals surface area contributed by atoms with Gasteiger partial charge in [0.1, 0.15) is 5.78 Å². The van der Waals surface area contributed by atoms with E-state index in [9.17, 15) is 4.79 Å². The van der Waals surface area contributed by atoms with E-state index >= 15 is 0 Å². The molecule has 0 aromatic heterocycles. The van der Waals surface area contributed by atoms with Crippen LogP contribution in [-0.2, 0) is 11.2 Å². The number of Topliss-reactive ketones (excluding diaryl/α,β-unsaturated/α-hetero) is 1. The maximum atomic E-state index is 12.3. The largest absolute Gasteiger partial charge is 0.327 e. The molecule has 2 N–H and O–H groups in total. The van der Waals surface area contributed by atoms with Gasteiger partial charge in [0.25, 0.3) is 0 Å². The fourth-order valence-electron chi connectivity index (χ4n) is 3.50. The van der Waals surface area contributed by atoms with E-state index in [1.807, 2.05) is 0 Å². The summed E-state index contributed by atoms with van der Waals surface area (Å²) in [6.07, 6.45) is 6.17. The monoisotopic (exact) mass is 243 g/mol. The molecular formula is C16H21NO. The Bertz CT molecular complexity index is 454. The molecule has 18 heavy (non-hydrogen) atoms. The van der Waals surface area contributed by atoms with Gasteiger partial charge in [-0.15, -0.1) is 0 Å². The zero-order valence-corrected chi connectivity index (χ0v) is 10.8. The summed E-state index contributed by atoms with van der Waals surface area (Å²) in [5.74, 6) is 0.996. The maximum Gasteiger partial charge on any atom is 0.138 e. The summed E-state index contributed by atoms with van der Waals surface area (Å²) in [5.41, 5.74) is 8.89. The van der Waals surface area contributed by atoms with Gasteiger partial charge in [-0.1, -0.05) is 37.1 Å². The van der Waals surface area contributed by atoms with Gasteiger partial charge >= 0.3 is 0 Å². The van der Waals surface area contributed by atoms with Crippen molar-refractivity contribution < 1.29 is 4.79 Å². The molecule has 96 valence electrons. The third kappa shape index (κ3) is 2.10. The number of nitrogens with two attached hydrogens (primary N) is 1. The van der Waals surface area contributed by atoms with Crippen molar-refractivity contribution in [1.29, 1.82) is 0 Å². The van der Waals surface area contributed by atoms with E-state index in [0.717, 1.165) is 19.3 Å². The minimum absolute atomic E-state index is 0.113. The number of hydrogen-bond acceptors (Lipinski definition) is 2. The summed E-state index contributed by atoms with van der Waals surface area (Å²) >= 11 is 0. The lowest BCUT2D eigenvalue weighted by atomic mass is 9.72. The zero-order valence-electron chi connectivity index (χ0n) is 10.8. The van der Waals surface area contributed by atoms with E-state index in [1.54, 1.807) is 0 Å². The molecule has 0 saturated heterocycles. The fourth-order valence-corrected chi connectivity index (χ4v) is 3.50. The predicted octanol–water partition coefficient (Wildman–Crippen LogP) is 2.80. The van der Waals surface area contributed by atoms with Crippen molar-refractivity contribution in [2.75, 3.05) is 0 Å². The van der Waals surface area contributed by atoms with Crippen molar-refractivity contribution in [2.24, 2.45) is 11.7 Å². The molecule has 2 heteroatoms. The first-order valence-electron chi connectivity index (χ1n) is 7.12. The molecule has 3 atom stereocenters. The lowest BCUT2D eigenvalue weighted by molar-refractivity contribution is -0.124. The molecule has 3 unspecified atom stereocenters. The molecule has 0 aliphatic heterocycles. The molecule has 3 rings (SSSR count). The first-order chi connectivity index (χ1) is 8.75. The first kappa shape index (κ1) is 11.9. The van der Waals surface area contributed by atoms with Crippen molar-refractivity contribution in [3.05, 3.63) is 35.4 Å². The smallest absolute Gasteiger partial charge is 0.138 e. The van der Waals surface area contributed by atoms with Crippen LogP contribution in [0.5, 0.6) is 0 Å². The Kier molecular flexibility index (Phi) is 3.21. The van der Waals surface area contributed by atoms with Gasteiger partial charge < -0.3 is 5.73 Å². The second-order valence-electron chi connectivity index (χ2n) is 5.83. The quantitative estimate of drug-likeness (QED) is 0.887. The highest BCUT2D eigenvalue weighted by molar-refractivity contribution is 5.83. The summed E-state index contributed by atoms with van der Waals surface area (Å²) in [5, 5.41) is 0. The molecule has 1 fully saturated rings. The molecule has 0 spiro atoms. The van der Waals surface area contributed by atoms with Crippen LogP contribution in [0, 0.1) is 5.92 Å². The maximum absolute atomic E-state index is 12.3. The number of carbonyl (C=O) groups is 1. The van der Waals surface area contributed by atoms with Gasteiger partial charge in [-0.05, 0) is 36.3 Å². The Labute approximate surface area is 109 Å². The van der Waals surface area contributed by atoms with Gasteiger partial charge in [0, 0.05) is 18.4 Å². The van der Waals surface area contributed by atoms with Crippen LogP contribution in [0.4, 0.5) is 0 Å². The highest BCUT2D eigenvalue weighted by Gasteiger charge is 2.33. The minimum atomic E-state index is 0.113. The van der Waals surface area contributed by atoms with Crippen molar-refractivity contribution >= 4 is 5.78 Å². The molecule has 1 saturated carbocycles. The first-order valence-corrected chi connectivity index (χ1v) is 7.12. The molecule has 0 amide bonds. The molecule has 0 bridgehead atoms. The summed E-state index contributed by atoms with van der Waals surface area (Å²) in [6, 6.07) is 8.59. The molecule has 0 heterocycles. The topological polar surface area (TPSA) is 43.1 Å². The Morgan fingerprint density at radius 1 is 1.22 bits per heavy atom. The summed E-state index contributed by atoms with van der Waals surface area (Å²) in [4.78, 5) is 12.3. The van der Waals surface area contributed by atoms with Crippen LogP contribution in [0.25, 0.3) is 0 Å². The van der Waals surface area contributed by atoms with Gasteiger partial charge in [-0.3, -0.25) is 4.79 Å². The lowest BCUT2D eigenvalue weighted by Crippen LogP contribution is -2.39. The van der Waals surface area contributed by atoms with E-state index in [-0.39, 0.29) is 12.0 Å². The summed E-state index contributed by atoms with van der Waals surface area (Å²) < 4.78 is 0. The van der Waals surface area contributed by atoms with E-state index in [2.05, 4.69) is 24.3 Å². The Morgan fingerprint density at radius 2 is 2.00 bits per heavy atom. The number of hydrogen-bond donors (Lipinski definition) is 1. The molecule has 1 aromatic carbocycles. The van der Waals surface area contributed by atoms with Crippen LogP contribution < -0.4 is 5.73 Å². The number of fused-ring (bicyclic) bond motifs is 1. The molecule has 0 radical (unpaired) electrons. The zero-order chi connectivity index (χ0) is 12.5. The van der Waals surface area contributed by atoms with E-state index in [4.69, 9.17) is 5.73 Å². The predicted molar refractivity (Wildman–Crippen MR) is 72.4 cm³/mol. The van der Waals surface area contributed by atoms with Gasteiger partial charge in [0.2, 0.25) is 0 Å². The van der Waals surface area contributed by atoms with Crippen LogP contribution in [0.15, 0.2) is 24.3 Å². The standard InChI is InChI=1S/C16H21NO/c17-15-8-4-3-7-14(15)16(18)10-12-9-11-5-1-2-6-13(11)12/h1-2,5-6,12,14-15H,3-4,7-10,17H2. The van der Waals surface area contributed by atoms with Crippen molar-refractivity contribution in [1.82, 2.24) is 0 Å². The SMILES string of the molecule is NC1CCCCC1C(=O)CC1Cc2ccccc21. The lowest BCUT2D eigenvalue weighted by Gasteiger charge is -2.33. The van der Waals surface area contributed by atoms with E-state index in [0.29, 0.717) is 18.1 Å². The van der Waals surface area contributed by atoms with E-state index in [1.165, 1.54) is 24.0 Å². The second kappa shape index (κ2) is 4.85. The Balaban J connectivity index is 1.63. The summed E-state index contributed by atoms with van der Waals surface area (Å²) in [6.45, 7) is 0. The average molecular weight is 243 g/mol. The van der Waals surface area contributed by atoms with E-state index < -0.39 is 0 Å². The summed E-state index contributed by atoms with van der Waals surface area (Å²) in [7, 11) is 0. The minimum Gasteiger partial charge on any atom is -0.327 e. The number of benzene rings is 1. The highest BCUT2D eigenvalue weighted by atomic mass is 16.1.